The van der Waals surface area contributed by atoms with Crippen LogP contribution in [0.4, 0.5) is 0 Å². The first-order valence-electron chi connectivity index (χ1n) is 11.4. The summed E-state index contributed by atoms with van der Waals surface area (Å²) in [7, 11) is 0. The molecule has 0 bridgehead atoms. The van der Waals surface area contributed by atoms with E-state index in [-0.39, 0.29) is 0 Å². The van der Waals surface area contributed by atoms with Gasteiger partial charge in [0.05, 0.1) is 17.0 Å². The summed E-state index contributed by atoms with van der Waals surface area (Å²) in [5, 5.41) is 15.0. The molecular weight excluding hydrogens is 444 g/mol. The van der Waals surface area contributed by atoms with Gasteiger partial charge < -0.3 is 9.09 Å². The van der Waals surface area contributed by atoms with E-state index in [1.165, 1.54) is 0 Å². The number of hydrogen-bond acceptors (Lipinski definition) is 7. The largest absolute Gasteiger partial charge is 0.338 e. The third kappa shape index (κ3) is 4.72. The predicted octanol–water partition coefficient (Wildman–Crippen LogP) is 6.19. The molecule has 172 valence electrons. The van der Waals surface area contributed by atoms with Crippen molar-refractivity contribution in [2.75, 3.05) is 0 Å². The normalized spacial score (nSPS) is 11.5. The Bertz CT molecular complexity index is 1410. The molecule has 0 radical (unpaired) electrons. The summed E-state index contributed by atoms with van der Waals surface area (Å²) in [5.41, 5.74) is 3.96. The van der Waals surface area contributed by atoms with Crippen molar-refractivity contribution in [3.63, 3.8) is 0 Å². The van der Waals surface area contributed by atoms with Crippen LogP contribution in [-0.4, -0.2) is 29.9 Å². The van der Waals surface area contributed by atoms with E-state index < -0.39 is 0 Å². The van der Waals surface area contributed by atoms with Gasteiger partial charge in [0.25, 0.3) is 0 Å². The second-order valence-electron chi connectivity index (χ2n) is 8.60. The number of hydrogen-bond donors (Lipinski definition) is 0. The topological polar surface area (TPSA) is 82.5 Å². The molecule has 0 N–H and O–H groups in total. The second-order valence-corrected chi connectivity index (χ2v) is 9.55. The minimum Gasteiger partial charge on any atom is -0.338 e. The van der Waals surface area contributed by atoms with Crippen molar-refractivity contribution >= 4 is 22.7 Å². The van der Waals surface area contributed by atoms with E-state index in [9.17, 15) is 0 Å². The van der Waals surface area contributed by atoms with Gasteiger partial charge in [0.1, 0.15) is 0 Å². The Hall–Kier alpha value is -3.52. The highest BCUT2D eigenvalue weighted by Gasteiger charge is 2.19. The van der Waals surface area contributed by atoms with Crippen molar-refractivity contribution in [1.82, 2.24) is 29.9 Å². The number of para-hydroxylation sites is 1. The fourth-order valence-corrected chi connectivity index (χ4v) is 4.63. The lowest BCUT2D eigenvalue weighted by Gasteiger charge is -2.14. The molecule has 0 unspecified atom stereocenters. The van der Waals surface area contributed by atoms with Crippen LogP contribution in [0.2, 0.25) is 0 Å². The molecule has 2 aromatic carbocycles. The number of rotatable bonds is 8. The van der Waals surface area contributed by atoms with Crippen molar-refractivity contribution in [2.45, 2.75) is 44.6 Å². The Kier molecular flexibility index (Phi) is 6.40. The molecule has 0 amide bonds. The highest BCUT2D eigenvalue weighted by molar-refractivity contribution is 7.98. The number of thioether (sulfide) groups is 1. The molecule has 0 aliphatic rings. The van der Waals surface area contributed by atoms with Gasteiger partial charge in [0, 0.05) is 23.1 Å². The van der Waals surface area contributed by atoms with Gasteiger partial charge in [0.15, 0.2) is 16.8 Å². The Morgan fingerprint density at radius 1 is 0.971 bits per heavy atom. The average Bonchev–Trinajstić information content (AvgIpc) is 3.46. The molecule has 0 saturated heterocycles. The molecular formula is C26H26N6OS. The fraction of sp³-hybridized carbons (Fsp3) is 0.269. The molecule has 5 aromatic rings. The highest BCUT2D eigenvalue weighted by Crippen LogP contribution is 2.33. The lowest BCUT2D eigenvalue weighted by molar-refractivity contribution is 0.387. The molecule has 3 heterocycles. The van der Waals surface area contributed by atoms with Gasteiger partial charge in [-0.3, -0.25) is 0 Å². The second kappa shape index (κ2) is 9.77. The lowest BCUT2D eigenvalue weighted by Crippen LogP contribution is -2.06. The molecule has 0 saturated carbocycles. The van der Waals surface area contributed by atoms with Crippen LogP contribution in [0, 0.1) is 12.8 Å². The minimum atomic E-state index is 0.549. The molecule has 0 atom stereocenters. The summed E-state index contributed by atoms with van der Waals surface area (Å²) >= 11 is 1.56. The molecule has 3 aromatic heterocycles. The maximum Gasteiger partial charge on any atom is 0.237 e. The summed E-state index contributed by atoms with van der Waals surface area (Å²) in [4.78, 5) is 9.25. The van der Waals surface area contributed by atoms with E-state index >= 15 is 0 Å². The van der Waals surface area contributed by atoms with Gasteiger partial charge in [-0.2, -0.15) is 4.98 Å². The number of aromatic nitrogens is 6. The average molecular weight is 471 g/mol. The minimum absolute atomic E-state index is 0.549. The Morgan fingerprint density at radius 2 is 1.76 bits per heavy atom. The fourth-order valence-electron chi connectivity index (χ4n) is 3.83. The summed E-state index contributed by atoms with van der Waals surface area (Å²) in [6, 6.07) is 20.6. The number of aryl methyl sites for hydroxylation is 1. The number of nitrogens with zero attached hydrogens (tertiary/aromatic N) is 6. The number of benzene rings is 2. The molecule has 34 heavy (non-hydrogen) atoms. The predicted molar refractivity (Wildman–Crippen MR) is 134 cm³/mol. The van der Waals surface area contributed by atoms with Gasteiger partial charge in [-0.05, 0) is 31.4 Å². The molecule has 5 rings (SSSR count). The van der Waals surface area contributed by atoms with Crippen LogP contribution < -0.4 is 0 Å². The molecule has 0 spiro atoms. The molecule has 0 aliphatic heterocycles. The van der Waals surface area contributed by atoms with E-state index in [0.29, 0.717) is 23.4 Å². The standard InChI is InChI=1S/C26H26N6OS/c1-17(2)13-14-32-25(29-30-26(32)34-16-24-27-18(3)31-33-24)21-15-23(19-9-5-4-6-10-19)28-22-12-8-7-11-20(21)22/h4-12,15,17H,13-14,16H2,1-3H3. The summed E-state index contributed by atoms with van der Waals surface area (Å²) in [5.74, 6) is 3.17. The molecule has 0 aliphatic carbocycles. The van der Waals surface area contributed by atoms with Crippen molar-refractivity contribution < 1.29 is 4.52 Å². The van der Waals surface area contributed by atoms with Crippen LogP contribution in [0.15, 0.2) is 70.3 Å². The zero-order valence-electron chi connectivity index (χ0n) is 19.5. The lowest BCUT2D eigenvalue weighted by atomic mass is 10.0. The Morgan fingerprint density at radius 3 is 2.53 bits per heavy atom. The van der Waals surface area contributed by atoms with Crippen molar-refractivity contribution in [3.05, 3.63) is 72.4 Å². The molecule has 8 heteroatoms. The molecule has 7 nitrogen and oxygen atoms in total. The summed E-state index contributed by atoms with van der Waals surface area (Å²) < 4.78 is 7.50. The maximum absolute atomic E-state index is 5.29. The van der Waals surface area contributed by atoms with Gasteiger partial charge in [-0.15, -0.1) is 10.2 Å². The summed E-state index contributed by atoms with van der Waals surface area (Å²) in [6.07, 6.45) is 1.02. The quantitative estimate of drug-likeness (QED) is 0.250. The van der Waals surface area contributed by atoms with Gasteiger partial charge in [0.2, 0.25) is 5.89 Å². The first-order valence-corrected chi connectivity index (χ1v) is 12.4. The highest BCUT2D eigenvalue weighted by atomic mass is 32.2. The van der Waals surface area contributed by atoms with Crippen LogP contribution in [-0.2, 0) is 12.3 Å². The Labute approximate surface area is 202 Å². The van der Waals surface area contributed by atoms with Gasteiger partial charge >= 0.3 is 0 Å². The van der Waals surface area contributed by atoms with E-state index in [1.807, 2.05) is 43.3 Å². The first-order chi connectivity index (χ1) is 16.6. The third-order valence-corrected chi connectivity index (χ3v) is 6.52. The van der Waals surface area contributed by atoms with Crippen LogP contribution in [0.25, 0.3) is 33.5 Å². The van der Waals surface area contributed by atoms with Gasteiger partial charge in [-0.1, -0.05) is 79.3 Å². The van der Waals surface area contributed by atoms with E-state index in [2.05, 4.69) is 63.0 Å². The van der Waals surface area contributed by atoms with E-state index in [0.717, 1.165) is 51.7 Å². The zero-order valence-corrected chi connectivity index (χ0v) is 20.3. The monoisotopic (exact) mass is 470 g/mol. The zero-order chi connectivity index (χ0) is 23.5. The van der Waals surface area contributed by atoms with Crippen LogP contribution >= 0.6 is 11.8 Å². The molecule has 0 fully saturated rings. The van der Waals surface area contributed by atoms with Crippen LogP contribution in [0.3, 0.4) is 0 Å². The Balaban J connectivity index is 1.60. The SMILES string of the molecule is Cc1noc(CSc2nnc(-c3cc(-c4ccccc4)nc4ccccc34)n2CCC(C)C)n1. The smallest absolute Gasteiger partial charge is 0.237 e. The van der Waals surface area contributed by atoms with Gasteiger partial charge in [-0.25, -0.2) is 4.98 Å². The number of pyridine rings is 1. The summed E-state index contributed by atoms with van der Waals surface area (Å²) in [6.45, 7) is 7.10. The van der Waals surface area contributed by atoms with E-state index in [1.54, 1.807) is 11.8 Å². The third-order valence-electron chi connectivity index (χ3n) is 5.57. The van der Waals surface area contributed by atoms with Crippen molar-refractivity contribution in [2.24, 2.45) is 5.92 Å². The van der Waals surface area contributed by atoms with Crippen LogP contribution in [0.1, 0.15) is 32.0 Å². The maximum atomic E-state index is 5.29. The van der Waals surface area contributed by atoms with Crippen molar-refractivity contribution in [1.29, 1.82) is 0 Å². The first kappa shape index (κ1) is 22.3. The van der Waals surface area contributed by atoms with E-state index in [4.69, 9.17) is 9.51 Å². The van der Waals surface area contributed by atoms with Crippen LogP contribution in [0.5, 0.6) is 0 Å². The number of fused-ring (bicyclic) bond motifs is 1. The van der Waals surface area contributed by atoms with Crippen molar-refractivity contribution in [3.8, 4) is 22.6 Å².